The lowest BCUT2D eigenvalue weighted by molar-refractivity contribution is -0.124. The molecule has 0 bridgehead atoms. The van der Waals surface area contributed by atoms with Crippen molar-refractivity contribution in [2.24, 2.45) is 7.05 Å². The molecule has 1 aliphatic rings. The Morgan fingerprint density at radius 2 is 2.23 bits per heavy atom. The van der Waals surface area contributed by atoms with Crippen molar-refractivity contribution in [3.8, 4) is 0 Å². The lowest BCUT2D eigenvalue weighted by Gasteiger charge is -2.13. The van der Waals surface area contributed by atoms with E-state index in [1.54, 1.807) is 25.2 Å². The van der Waals surface area contributed by atoms with Gasteiger partial charge in [0.15, 0.2) is 0 Å². The SMILES string of the molecule is Cn1nnc2cccc(C(=O)NCCN3C(=O)CSC3=O)c21. The van der Waals surface area contributed by atoms with Gasteiger partial charge in [0, 0.05) is 20.1 Å². The number of aryl methyl sites for hydroxylation is 1. The zero-order valence-corrected chi connectivity index (χ0v) is 12.6. The van der Waals surface area contributed by atoms with Crippen LogP contribution in [0.1, 0.15) is 10.4 Å². The molecule has 0 atom stereocenters. The molecule has 3 amide bonds. The van der Waals surface area contributed by atoms with Crippen molar-refractivity contribution in [2.45, 2.75) is 0 Å². The van der Waals surface area contributed by atoms with E-state index >= 15 is 0 Å². The van der Waals surface area contributed by atoms with Crippen LogP contribution < -0.4 is 5.32 Å². The number of thioether (sulfide) groups is 1. The molecule has 1 aromatic heterocycles. The van der Waals surface area contributed by atoms with E-state index in [4.69, 9.17) is 0 Å². The number of carbonyl (C=O) groups excluding carboxylic acids is 3. The standard InChI is InChI=1S/C13H13N5O3S/c1-17-11-8(3-2-4-9(11)15-16-17)12(20)14-5-6-18-10(19)7-22-13(18)21/h2-4H,5-7H2,1H3,(H,14,20). The van der Waals surface area contributed by atoms with Crippen molar-refractivity contribution in [1.82, 2.24) is 25.2 Å². The van der Waals surface area contributed by atoms with Crippen molar-refractivity contribution in [3.05, 3.63) is 23.8 Å². The number of imide groups is 1. The number of para-hydroxylation sites is 1. The smallest absolute Gasteiger partial charge is 0.288 e. The normalized spacial score (nSPS) is 14.9. The van der Waals surface area contributed by atoms with E-state index in [0.29, 0.717) is 16.6 Å². The Morgan fingerprint density at radius 3 is 2.95 bits per heavy atom. The molecule has 1 aliphatic heterocycles. The van der Waals surface area contributed by atoms with Crippen LogP contribution in [0.2, 0.25) is 0 Å². The first kappa shape index (κ1) is 14.5. The molecule has 9 heteroatoms. The average Bonchev–Trinajstić information content (AvgIpc) is 3.04. The lowest BCUT2D eigenvalue weighted by Crippen LogP contribution is -2.37. The molecule has 0 aliphatic carbocycles. The highest BCUT2D eigenvalue weighted by Gasteiger charge is 2.29. The molecule has 0 saturated carbocycles. The number of amides is 3. The number of fused-ring (bicyclic) bond motifs is 1. The van der Waals surface area contributed by atoms with Gasteiger partial charge in [-0.25, -0.2) is 4.68 Å². The van der Waals surface area contributed by atoms with Gasteiger partial charge >= 0.3 is 0 Å². The summed E-state index contributed by atoms with van der Waals surface area (Å²) in [5.74, 6) is -0.336. The summed E-state index contributed by atoms with van der Waals surface area (Å²) in [4.78, 5) is 36.3. The Bertz CT molecular complexity index is 756. The summed E-state index contributed by atoms with van der Waals surface area (Å²) in [6, 6.07) is 5.19. The molecule has 0 unspecified atom stereocenters. The van der Waals surface area contributed by atoms with E-state index in [2.05, 4.69) is 15.6 Å². The molecule has 2 aromatic rings. The number of rotatable bonds is 4. The van der Waals surface area contributed by atoms with Gasteiger partial charge in [0.25, 0.3) is 11.1 Å². The van der Waals surface area contributed by atoms with Crippen LogP contribution in [-0.2, 0) is 11.8 Å². The number of carbonyl (C=O) groups is 3. The molecular weight excluding hydrogens is 306 g/mol. The molecule has 1 fully saturated rings. The van der Waals surface area contributed by atoms with Crippen molar-refractivity contribution in [3.63, 3.8) is 0 Å². The second-order valence-corrected chi connectivity index (χ2v) is 5.67. The summed E-state index contributed by atoms with van der Waals surface area (Å²) in [6.45, 7) is 0.383. The zero-order chi connectivity index (χ0) is 15.7. The van der Waals surface area contributed by atoms with Crippen LogP contribution in [0.4, 0.5) is 4.79 Å². The van der Waals surface area contributed by atoms with E-state index in [1.165, 1.54) is 4.68 Å². The van der Waals surface area contributed by atoms with E-state index in [9.17, 15) is 14.4 Å². The number of aromatic nitrogens is 3. The fraction of sp³-hybridized carbons (Fsp3) is 0.308. The molecule has 0 radical (unpaired) electrons. The third-order valence-corrected chi connectivity index (χ3v) is 4.19. The Hall–Kier alpha value is -2.42. The average molecular weight is 319 g/mol. The summed E-state index contributed by atoms with van der Waals surface area (Å²) in [6.07, 6.45) is 0. The predicted octanol–water partition coefficient (Wildman–Crippen LogP) is 0.394. The first-order valence-corrected chi connectivity index (χ1v) is 7.60. The maximum atomic E-state index is 12.3. The molecule has 1 N–H and O–H groups in total. The third-order valence-electron chi connectivity index (χ3n) is 3.33. The van der Waals surface area contributed by atoms with Gasteiger partial charge in [0.2, 0.25) is 5.91 Å². The van der Waals surface area contributed by atoms with Crippen molar-refractivity contribution >= 4 is 39.8 Å². The van der Waals surface area contributed by atoms with Crippen molar-refractivity contribution in [2.75, 3.05) is 18.8 Å². The van der Waals surface area contributed by atoms with Crippen LogP contribution in [0.15, 0.2) is 18.2 Å². The number of nitrogens with one attached hydrogen (secondary N) is 1. The molecule has 1 aromatic carbocycles. The van der Waals surface area contributed by atoms with E-state index in [0.717, 1.165) is 16.7 Å². The van der Waals surface area contributed by atoms with Gasteiger partial charge in [0.1, 0.15) is 11.0 Å². The first-order chi connectivity index (χ1) is 10.6. The lowest BCUT2D eigenvalue weighted by atomic mass is 10.1. The highest BCUT2D eigenvalue weighted by atomic mass is 32.2. The second-order valence-electron chi connectivity index (χ2n) is 4.74. The fourth-order valence-corrected chi connectivity index (χ4v) is 3.02. The van der Waals surface area contributed by atoms with Crippen LogP contribution in [0.25, 0.3) is 11.0 Å². The van der Waals surface area contributed by atoms with Gasteiger partial charge in [-0.1, -0.05) is 23.0 Å². The van der Waals surface area contributed by atoms with E-state index in [-0.39, 0.29) is 35.9 Å². The molecule has 0 spiro atoms. The van der Waals surface area contributed by atoms with Crippen molar-refractivity contribution < 1.29 is 14.4 Å². The van der Waals surface area contributed by atoms with Crippen molar-refractivity contribution in [1.29, 1.82) is 0 Å². The highest BCUT2D eigenvalue weighted by Crippen LogP contribution is 2.18. The zero-order valence-electron chi connectivity index (χ0n) is 11.8. The van der Waals surface area contributed by atoms with Gasteiger partial charge in [-0.3, -0.25) is 19.3 Å². The first-order valence-electron chi connectivity index (χ1n) is 6.61. The van der Waals surface area contributed by atoms with Gasteiger partial charge in [-0.2, -0.15) is 0 Å². The number of benzene rings is 1. The van der Waals surface area contributed by atoms with Gasteiger partial charge < -0.3 is 5.32 Å². The Labute approximate surface area is 129 Å². The Morgan fingerprint density at radius 1 is 1.41 bits per heavy atom. The Balaban J connectivity index is 1.68. The minimum absolute atomic E-state index is 0.173. The maximum Gasteiger partial charge on any atom is 0.288 e. The van der Waals surface area contributed by atoms with Crippen LogP contribution in [0.3, 0.4) is 0 Å². The molecule has 22 heavy (non-hydrogen) atoms. The maximum absolute atomic E-state index is 12.3. The highest BCUT2D eigenvalue weighted by molar-refractivity contribution is 8.14. The van der Waals surface area contributed by atoms with E-state index in [1.807, 2.05) is 0 Å². The van der Waals surface area contributed by atoms with E-state index < -0.39 is 0 Å². The monoisotopic (exact) mass is 319 g/mol. The molecule has 2 heterocycles. The minimum atomic E-state index is -0.289. The van der Waals surface area contributed by atoms with Crippen LogP contribution >= 0.6 is 11.8 Å². The van der Waals surface area contributed by atoms with Crippen LogP contribution in [-0.4, -0.2) is 55.8 Å². The van der Waals surface area contributed by atoms with Crippen LogP contribution in [0.5, 0.6) is 0 Å². The number of hydrogen-bond acceptors (Lipinski definition) is 6. The molecule has 3 rings (SSSR count). The van der Waals surface area contributed by atoms with Gasteiger partial charge in [0.05, 0.1) is 11.3 Å². The molecule has 8 nitrogen and oxygen atoms in total. The molecule has 114 valence electrons. The summed E-state index contributed by atoms with van der Waals surface area (Å²) >= 11 is 0.979. The third kappa shape index (κ3) is 2.54. The van der Waals surface area contributed by atoms with Crippen LogP contribution in [0, 0.1) is 0 Å². The fourth-order valence-electron chi connectivity index (χ4n) is 2.27. The summed E-state index contributed by atoms with van der Waals surface area (Å²) in [5, 5.41) is 10.3. The predicted molar refractivity (Wildman–Crippen MR) is 80.4 cm³/mol. The second kappa shape index (κ2) is 5.76. The number of hydrogen-bond donors (Lipinski definition) is 1. The minimum Gasteiger partial charge on any atom is -0.350 e. The molecular formula is C13H13N5O3S. The topological polar surface area (TPSA) is 97.2 Å². The number of nitrogens with zero attached hydrogens (tertiary/aromatic N) is 4. The quantitative estimate of drug-likeness (QED) is 0.876. The summed E-state index contributed by atoms with van der Waals surface area (Å²) in [5.41, 5.74) is 1.73. The largest absolute Gasteiger partial charge is 0.350 e. The van der Waals surface area contributed by atoms with Gasteiger partial charge in [-0.15, -0.1) is 5.10 Å². The summed E-state index contributed by atoms with van der Waals surface area (Å²) in [7, 11) is 1.71. The summed E-state index contributed by atoms with van der Waals surface area (Å²) < 4.78 is 1.54. The Kier molecular flexibility index (Phi) is 3.80. The molecule has 1 saturated heterocycles. The van der Waals surface area contributed by atoms with Gasteiger partial charge in [-0.05, 0) is 12.1 Å².